The monoisotopic (exact) mass is 457 g/mol. The summed E-state index contributed by atoms with van der Waals surface area (Å²) in [5.41, 5.74) is 2.58. The summed E-state index contributed by atoms with van der Waals surface area (Å²) in [4.78, 5) is 22.1. The lowest BCUT2D eigenvalue weighted by atomic mass is 10.0. The van der Waals surface area contributed by atoms with Crippen LogP contribution in [0.15, 0.2) is 47.4 Å². The van der Waals surface area contributed by atoms with Gasteiger partial charge < -0.3 is 9.80 Å². The number of rotatable bonds is 5. The van der Waals surface area contributed by atoms with Gasteiger partial charge in [-0.25, -0.2) is 13.4 Å². The highest BCUT2D eigenvalue weighted by Gasteiger charge is 2.28. The summed E-state index contributed by atoms with van der Waals surface area (Å²) in [5.74, 6) is 0.160. The predicted molar refractivity (Wildman–Crippen MR) is 126 cm³/mol. The van der Waals surface area contributed by atoms with Gasteiger partial charge in [0.15, 0.2) is 15.0 Å². The Balaban J connectivity index is 1.52. The van der Waals surface area contributed by atoms with E-state index in [1.54, 1.807) is 41.4 Å². The molecular formula is C23H27N3O3S2. The number of sulfone groups is 1. The Morgan fingerprint density at radius 2 is 1.77 bits per heavy atom. The number of carbonyl (C=O) groups excluding carboxylic acids is 1. The molecule has 0 aliphatic carbocycles. The van der Waals surface area contributed by atoms with Crippen molar-refractivity contribution in [1.29, 1.82) is 0 Å². The molecule has 0 N–H and O–H groups in total. The van der Waals surface area contributed by atoms with Crippen molar-refractivity contribution in [1.82, 2.24) is 9.88 Å². The first-order chi connectivity index (χ1) is 14.8. The first kappa shape index (κ1) is 21.8. The van der Waals surface area contributed by atoms with E-state index in [0.717, 1.165) is 10.6 Å². The minimum Gasteiger partial charge on any atom is -0.345 e. The second-order valence-corrected chi connectivity index (χ2v) is 11.3. The smallest absolute Gasteiger partial charge is 0.255 e. The summed E-state index contributed by atoms with van der Waals surface area (Å²) < 4.78 is 26.0. The average Bonchev–Trinajstić information content (AvgIpc) is 3.23. The number of anilines is 1. The Bertz CT molecular complexity index is 1210. The molecule has 1 fully saturated rings. The quantitative estimate of drug-likeness (QED) is 0.575. The highest BCUT2D eigenvalue weighted by atomic mass is 32.2. The zero-order chi connectivity index (χ0) is 22.2. The van der Waals surface area contributed by atoms with Gasteiger partial charge in [0.1, 0.15) is 0 Å². The molecule has 6 nitrogen and oxygen atoms in total. The van der Waals surface area contributed by atoms with E-state index in [0.29, 0.717) is 32.1 Å². The third-order valence-corrected chi connectivity index (χ3v) is 8.60. The van der Waals surface area contributed by atoms with Gasteiger partial charge in [-0.2, -0.15) is 0 Å². The van der Waals surface area contributed by atoms with Crippen LogP contribution in [0.5, 0.6) is 0 Å². The van der Waals surface area contributed by atoms with E-state index in [2.05, 4.69) is 36.9 Å². The molecule has 0 bridgehead atoms. The second-order valence-electron chi connectivity index (χ2n) is 8.02. The van der Waals surface area contributed by atoms with Crippen molar-refractivity contribution in [2.24, 2.45) is 0 Å². The number of carbonyl (C=O) groups is 1. The van der Waals surface area contributed by atoms with Crippen LogP contribution in [0.2, 0.25) is 0 Å². The van der Waals surface area contributed by atoms with E-state index in [-0.39, 0.29) is 22.1 Å². The van der Waals surface area contributed by atoms with Crippen LogP contribution >= 0.6 is 11.3 Å². The molecule has 1 aliphatic rings. The number of hydrogen-bond donors (Lipinski definition) is 0. The van der Waals surface area contributed by atoms with E-state index in [9.17, 15) is 13.2 Å². The molecule has 164 valence electrons. The van der Waals surface area contributed by atoms with E-state index in [1.807, 2.05) is 0 Å². The minimum atomic E-state index is -3.46. The Hall–Kier alpha value is -2.45. The molecule has 1 amide bonds. The van der Waals surface area contributed by atoms with Crippen LogP contribution in [-0.2, 0) is 9.84 Å². The highest BCUT2D eigenvalue weighted by Crippen LogP contribution is 2.34. The number of para-hydroxylation sites is 1. The number of aromatic nitrogens is 1. The van der Waals surface area contributed by atoms with Crippen LogP contribution in [0.3, 0.4) is 0 Å². The Morgan fingerprint density at radius 1 is 1.06 bits per heavy atom. The van der Waals surface area contributed by atoms with Gasteiger partial charge in [-0.15, -0.1) is 0 Å². The molecule has 8 heteroatoms. The van der Waals surface area contributed by atoms with Gasteiger partial charge >= 0.3 is 0 Å². The first-order valence-corrected chi connectivity index (χ1v) is 13.0. The standard InChI is InChI=1S/C23H27N3O3S2/c1-4-31(28,29)20-11-6-5-8-18(20)22(27)25-12-14-26(15-13-25)23-24-21-17(16(2)3)9-7-10-19(21)30-23/h5-11,16H,4,12-15H2,1-3H3. The summed E-state index contributed by atoms with van der Waals surface area (Å²) in [5, 5.41) is 0.976. The molecule has 0 atom stereocenters. The fourth-order valence-electron chi connectivity index (χ4n) is 3.90. The molecule has 3 aromatic rings. The summed E-state index contributed by atoms with van der Waals surface area (Å²) in [7, 11) is -3.46. The number of amides is 1. The maximum atomic E-state index is 13.1. The van der Waals surface area contributed by atoms with Crippen LogP contribution in [0, 0.1) is 0 Å². The van der Waals surface area contributed by atoms with E-state index < -0.39 is 9.84 Å². The molecule has 31 heavy (non-hydrogen) atoms. The topological polar surface area (TPSA) is 70.6 Å². The lowest BCUT2D eigenvalue weighted by Gasteiger charge is -2.34. The number of benzene rings is 2. The first-order valence-electron chi connectivity index (χ1n) is 10.6. The minimum absolute atomic E-state index is 0.0267. The van der Waals surface area contributed by atoms with Crippen molar-refractivity contribution in [3.63, 3.8) is 0 Å². The lowest BCUT2D eigenvalue weighted by Crippen LogP contribution is -2.49. The molecule has 2 heterocycles. The molecule has 1 aliphatic heterocycles. The van der Waals surface area contributed by atoms with E-state index >= 15 is 0 Å². The number of fused-ring (bicyclic) bond motifs is 1. The van der Waals surface area contributed by atoms with Gasteiger partial charge in [0.05, 0.1) is 26.4 Å². The third kappa shape index (κ3) is 4.19. The van der Waals surface area contributed by atoms with Gasteiger partial charge in [-0.05, 0) is 29.7 Å². The van der Waals surface area contributed by atoms with Crippen molar-refractivity contribution in [3.8, 4) is 0 Å². The van der Waals surface area contributed by atoms with E-state index in [1.165, 1.54) is 16.3 Å². The molecule has 0 radical (unpaired) electrons. The van der Waals surface area contributed by atoms with E-state index in [4.69, 9.17) is 4.98 Å². The van der Waals surface area contributed by atoms with Crippen LogP contribution in [0.1, 0.15) is 42.6 Å². The largest absolute Gasteiger partial charge is 0.345 e. The van der Waals surface area contributed by atoms with Crippen molar-refractivity contribution in [2.75, 3.05) is 36.8 Å². The number of hydrogen-bond acceptors (Lipinski definition) is 6. The van der Waals surface area contributed by atoms with Crippen LogP contribution in [0.4, 0.5) is 5.13 Å². The normalized spacial score (nSPS) is 15.1. The van der Waals surface area contributed by atoms with Crippen molar-refractivity contribution < 1.29 is 13.2 Å². The van der Waals surface area contributed by atoms with Gasteiger partial charge in [0.2, 0.25) is 0 Å². The van der Waals surface area contributed by atoms with Gasteiger partial charge in [-0.3, -0.25) is 4.79 Å². The van der Waals surface area contributed by atoms with Crippen molar-refractivity contribution >= 4 is 42.4 Å². The Morgan fingerprint density at radius 3 is 2.45 bits per heavy atom. The third-order valence-electron chi connectivity index (χ3n) is 5.73. The predicted octanol–water partition coefficient (Wildman–Crippen LogP) is 4.18. The maximum Gasteiger partial charge on any atom is 0.255 e. The van der Waals surface area contributed by atoms with Crippen molar-refractivity contribution in [3.05, 3.63) is 53.6 Å². The molecule has 0 spiro atoms. The summed E-state index contributed by atoms with van der Waals surface area (Å²) in [6.45, 7) is 8.36. The number of nitrogens with zero attached hydrogens (tertiary/aromatic N) is 3. The summed E-state index contributed by atoms with van der Waals surface area (Å²) in [6, 6.07) is 12.8. The highest BCUT2D eigenvalue weighted by molar-refractivity contribution is 7.91. The molecule has 4 rings (SSSR count). The molecular weight excluding hydrogens is 430 g/mol. The average molecular weight is 458 g/mol. The van der Waals surface area contributed by atoms with Crippen LogP contribution in [-0.4, -0.2) is 56.1 Å². The Labute approximate surface area is 187 Å². The van der Waals surface area contributed by atoms with Crippen LogP contribution in [0.25, 0.3) is 10.2 Å². The summed E-state index contributed by atoms with van der Waals surface area (Å²) in [6.07, 6.45) is 0. The zero-order valence-electron chi connectivity index (χ0n) is 18.0. The Kier molecular flexibility index (Phi) is 6.03. The number of thiazole rings is 1. The second kappa shape index (κ2) is 8.59. The van der Waals surface area contributed by atoms with Crippen molar-refractivity contribution in [2.45, 2.75) is 31.6 Å². The van der Waals surface area contributed by atoms with Gasteiger partial charge in [-0.1, -0.05) is 56.4 Å². The summed E-state index contributed by atoms with van der Waals surface area (Å²) >= 11 is 1.68. The number of piperazine rings is 1. The van der Waals surface area contributed by atoms with Crippen LogP contribution < -0.4 is 4.90 Å². The zero-order valence-corrected chi connectivity index (χ0v) is 19.7. The molecule has 2 aromatic carbocycles. The molecule has 0 unspecified atom stereocenters. The lowest BCUT2D eigenvalue weighted by molar-refractivity contribution is 0.0743. The SMILES string of the molecule is CCS(=O)(=O)c1ccccc1C(=O)N1CCN(c2nc3c(C(C)C)cccc3s2)CC1. The molecule has 1 aromatic heterocycles. The van der Waals surface area contributed by atoms with Gasteiger partial charge in [0.25, 0.3) is 5.91 Å². The van der Waals surface area contributed by atoms with Gasteiger partial charge in [0, 0.05) is 26.2 Å². The fourth-order valence-corrected chi connectivity index (χ4v) is 6.04. The maximum absolute atomic E-state index is 13.1. The molecule has 0 saturated carbocycles. The fraction of sp³-hybridized carbons (Fsp3) is 0.391. The molecule has 1 saturated heterocycles.